The van der Waals surface area contributed by atoms with Crippen LogP contribution < -0.4 is 16.4 Å². The summed E-state index contributed by atoms with van der Waals surface area (Å²) in [6.07, 6.45) is 1.85. The largest absolute Gasteiger partial charge is 0.395 e. The summed E-state index contributed by atoms with van der Waals surface area (Å²) in [5.41, 5.74) is 6.67. The van der Waals surface area contributed by atoms with E-state index in [1.807, 2.05) is 18.3 Å². The predicted octanol–water partition coefficient (Wildman–Crippen LogP) is 0.858. The van der Waals surface area contributed by atoms with Crippen LogP contribution in [-0.4, -0.2) is 36.8 Å². The van der Waals surface area contributed by atoms with Crippen LogP contribution >= 0.6 is 0 Å². The minimum absolute atomic E-state index is 0.144. The maximum Gasteiger partial charge on any atom is 0.0664 e. The number of hydrogen-bond donors (Lipinski definition) is 4. The zero-order valence-corrected chi connectivity index (χ0v) is 11.1. The molecule has 1 atom stereocenters. The Labute approximate surface area is 112 Å². The van der Waals surface area contributed by atoms with E-state index in [1.165, 1.54) is 17.8 Å². The number of aromatic nitrogens is 1. The van der Waals surface area contributed by atoms with E-state index in [-0.39, 0.29) is 6.61 Å². The Morgan fingerprint density at radius 1 is 1.42 bits per heavy atom. The number of nitrogens with one attached hydrogen (secondary N) is 2. The summed E-state index contributed by atoms with van der Waals surface area (Å²) in [4.78, 5) is 4.44. The molecule has 5 heteroatoms. The second-order valence-electron chi connectivity index (χ2n) is 4.24. The highest BCUT2D eigenvalue weighted by molar-refractivity contribution is 5.88. The number of pyridine rings is 1. The molecule has 0 radical (unpaired) electrons. The van der Waals surface area contributed by atoms with Crippen molar-refractivity contribution < 1.29 is 5.11 Å². The number of nitrogens with two attached hydrogens (primary N) is 1. The number of benzene rings is 1. The lowest BCUT2D eigenvalue weighted by molar-refractivity contribution is 0.311. The predicted molar refractivity (Wildman–Crippen MR) is 78.2 cm³/mol. The molecule has 1 saturated heterocycles. The Morgan fingerprint density at radius 2 is 2.21 bits per heavy atom. The summed E-state index contributed by atoms with van der Waals surface area (Å²) in [5, 5.41) is 17.6. The van der Waals surface area contributed by atoms with Gasteiger partial charge in [0, 0.05) is 30.4 Å². The van der Waals surface area contributed by atoms with Gasteiger partial charge in [0.1, 0.15) is 0 Å². The number of aliphatic hydroxyl groups excluding tert-OH is 1. The fourth-order valence-corrected chi connectivity index (χ4v) is 2.04. The van der Waals surface area contributed by atoms with Crippen LogP contribution in [0.15, 0.2) is 30.5 Å². The second kappa shape index (κ2) is 6.47. The van der Waals surface area contributed by atoms with Crippen molar-refractivity contribution in [3.05, 3.63) is 36.2 Å². The maximum absolute atomic E-state index is 8.79. The molecule has 19 heavy (non-hydrogen) atoms. The molecular formula is C14H20N4O. The van der Waals surface area contributed by atoms with E-state index < -0.39 is 0 Å². The van der Waals surface area contributed by atoms with Gasteiger partial charge < -0.3 is 21.5 Å². The molecule has 2 aromatic rings. The third-order valence-corrected chi connectivity index (χ3v) is 2.97. The summed E-state index contributed by atoms with van der Waals surface area (Å²) in [5.74, 6) is 0. The molecule has 0 bridgehead atoms. The monoisotopic (exact) mass is 260 g/mol. The second-order valence-corrected chi connectivity index (χ2v) is 4.24. The van der Waals surface area contributed by atoms with Crippen LogP contribution in [0.25, 0.3) is 10.8 Å². The van der Waals surface area contributed by atoms with Gasteiger partial charge in [-0.3, -0.25) is 4.98 Å². The molecule has 0 amide bonds. The fourth-order valence-electron chi connectivity index (χ4n) is 2.04. The van der Waals surface area contributed by atoms with E-state index in [9.17, 15) is 0 Å². The van der Waals surface area contributed by atoms with Crippen LogP contribution in [0.1, 0.15) is 11.7 Å². The molecule has 1 fully saturated rings. The van der Waals surface area contributed by atoms with Gasteiger partial charge in [0.15, 0.2) is 0 Å². The van der Waals surface area contributed by atoms with Gasteiger partial charge in [0.25, 0.3) is 0 Å². The number of aliphatic hydroxyl groups is 1. The molecule has 0 spiro atoms. The first kappa shape index (κ1) is 13.7. The zero-order valence-electron chi connectivity index (χ0n) is 11.1. The van der Waals surface area contributed by atoms with Crippen molar-refractivity contribution in [3.63, 3.8) is 0 Å². The summed E-state index contributed by atoms with van der Waals surface area (Å²) >= 11 is 0. The van der Waals surface area contributed by atoms with E-state index in [4.69, 9.17) is 5.11 Å². The summed E-state index contributed by atoms with van der Waals surface area (Å²) in [6.45, 7) is 1.75. The molecule has 1 unspecified atom stereocenters. The smallest absolute Gasteiger partial charge is 0.0664 e. The third kappa shape index (κ3) is 3.20. The third-order valence-electron chi connectivity index (χ3n) is 2.97. The maximum atomic E-state index is 8.79. The van der Waals surface area contributed by atoms with Crippen LogP contribution in [-0.2, 0) is 0 Å². The van der Waals surface area contributed by atoms with Gasteiger partial charge in [0.2, 0.25) is 0 Å². The van der Waals surface area contributed by atoms with E-state index in [2.05, 4.69) is 33.5 Å². The molecule has 102 valence electrons. The van der Waals surface area contributed by atoms with Crippen molar-refractivity contribution in [3.8, 4) is 0 Å². The molecule has 1 aromatic heterocycles. The molecule has 0 saturated carbocycles. The lowest BCUT2D eigenvalue weighted by Crippen LogP contribution is -2.05. The van der Waals surface area contributed by atoms with Crippen molar-refractivity contribution in [2.24, 2.45) is 5.73 Å². The van der Waals surface area contributed by atoms with Crippen molar-refractivity contribution in [2.75, 3.05) is 32.1 Å². The van der Waals surface area contributed by atoms with Gasteiger partial charge in [-0.15, -0.1) is 0 Å². The van der Waals surface area contributed by atoms with Gasteiger partial charge in [-0.05, 0) is 30.6 Å². The van der Waals surface area contributed by atoms with Crippen molar-refractivity contribution >= 4 is 16.5 Å². The molecule has 1 aromatic carbocycles. The highest BCUT2D eigenvalue weighted by Gasteiger charge is 2.25. The topological polar surface area (TPSA) is 93.1 Å². The Balaban J connectivity index is 0.000000637. The number of hydrogen-bond acceptors (Lipinski definition) is 5. The molecule has 0 aliphatic carbocycles. The van der Waals surface area contributed by atoms with Gasteiger partial charge in [-0.25, -0.2) is 0 Å². The Hall–Kier alpha value is -1.69. The lowest BCUT2D eigenvalue weighted by Gasteiger charge is -2.08. The standard InChI is InChI=1S/C13H15N3O.CH5N/c17-6-5-14-10-1-2-11-9(7-10)3-4-15-13(11)12-8-16-12;1-2/h1-4,7,12,14,16-17H,5-6,8H2;2H2,1H3. The highest BCUT2D eigenvalue weighted by Crippen LogP contribution is 2.28. The Bertz CT molecular complexity index is 540. The van der Waals surface area contributed by atoms with Crippen LogP contribution in [0, 0.1) is 0 Å². The molecular weight excluding hydrogens is 240 g/mol. The number of anilines is 1. The van der Waals surface area contributed by atoms with E-state index >= 15 is 0 Å². The van der Waals surface area contributed by atoms with Gasteiger partial charge >= 0.3 is 0 Å². The molecule has 2 heterocycles. The molecule has 5 N–H and O–H groups in total. The van der Waals surface area contributed by atoms with Crippen LogP contribution in [0.5, 0.6) is 0 Å². The SMILES string of the molecule is CN.OCCNc1ccc2c(C3CN3)nccc2c1. The first-order chi connectivity index (χ1) is 9.38. The van der Waals surface area contributed by atoms with Crippen molar-refractivity contribution in [1.29, 1.82) is 0 Å². The summed E-state index contributed by atoms with van der Waals surface area (Å²) in [6, 6.07) is 8.67. The van der Waals surface area contributed by atoms with Crippen LogP contribution in [0.3, 0.4) is 0 Å². The number of fused-ring (bicyclic) bond motifs is 1. The van der Waals surface area contributed by atoms with E-state index in [0.717, 1.165) is 17.9 Å². The first-order valence-electron chi connectivity index (χ1n) is 6.43. The average molecular weight is 260 g/mol. The summed E-state index contributed by atoms with van der Waals surface area (Å²) in [7, 11) is 1.50. The molecule has 1 aliphatic heterocycles. The average Bonchev–Trinajstić information content (AvgIpc) is 3.31. The van der Waals surface area contributed by atoms with E-state index in [1.54, 1.807) is 0 Å². The lowest BCUT2D eigenvalue weighted by atomic mass is 10.1. The number of nitrogens with zero attached hydrogens (tertiary/aromatic N) is 1. The first-order valence-corrected chi connectivity index (χ1v) is 6.43. The van der Waals surface area contributed by atoms with Crippen molar-refractivity contribution in [2.45, 2.75) is 6.04 Å². The van der Waals surface area contributed by atoms with Crippen LogP contribution in [0.2, 0.25) is 0 Å². The van der Waals surface area contributed by atoms with E-state index in [0.29, 0.717) is 12.6 Å². The molecule has 5 nitrogen and oxygen atoms in total. The van der Waals surface area contributed by atoms with Gasteiger partial charge in [0.05, 0.1) is 18.3 Å². The van der Waals surface area contributed by atoms with Crippen LogP contribution in [0.4, 0.5) is 5.69 Å². The zero-order chi connectivity index (χ0) is 13.7. The molecule has 1 aliphatic rings. The minimum atomic E-state index is 0.144. The van der Waals surface area contributed by atoms with Gasteiger partial charge in [-0.1, -0.05) is 6.07 Å². The van der Waals surface area contributed by atoms with Crippen molar-refractivity contribution in [1.82, 2.24) is 10.3 Å². The molecule has 3 rings (SSSR count). The quantitative estimate of drug-likeness (QED) is 0.612. The minimum Gasteiger partial charge on any atom is -0.395 e. The fraction of sp³-hybridized carbons (Fsp3) is 0.357. The Kier molecular flexibility index (Phi) is 4.68. The van der Waals surface area contributed by atoms with Gasteiger partial charge in [-0.2, -0.15) is 0 Å². The normalized spacial score (nSPS) is 16.7. The Morgan fingerprint density at radius 3 is 2.89 bits per heavy atom. The number of rotatable bonds is 4. The highest BCUT2D eigenvalue weighted by atomic mass is 16.3. The summed E-state index contributed by atoms with van der Waals surface area (Å²) < 4.78 is 0.